The van der Waals surface area contributed by atoms with Gasteiger partial charge in [0, 0.05) is 12.0 Å². The van der Waals surface area contributed by atoms with Gasteiger partial charge >= 0.3 is 12.0 Å². The molecule has 0 amide bonds. The molecule has 0 bridgehead atoms. The predicted molar refractivity (Wildman–Crippen MR) is 90.8 cm³/mol. The molecule has 1 aliphatic rings. The predicted octanol–water partition coefficient (Wildman–Crippen LogP) is 2.11. The molecule has 2 heterocycles. The van der Waals surface area contributed by atoms with Crippen LogP contribution in [0, 0.1) is 0 Å². The van der Waals surface area contributed by atoms with Gasteiger partial charge in [-0.3, -0.25) is 0 Å². The molecule has 26 heavy (non-hydrogen) atoms. The second-order valence-electron chi connectivity index (χ2n) is 5.45. The molecule has 1 atom stereocenters. The highest BCUT2D eigenvalue weighted by atomic mass is 16.6. The molecule has 0 saturated carbocycles. The van der Waals surface area contributed by atoms with Crippen molar-refractivity contribution in [3.8, 4) is 23.5 Å². The number of rotatable bonds is 7. The number of hydrogen-bond donors (Lipinski definition) is 0. The van der Waals surface area contributed by atoms with Crippen molar-refractivity contribution < 1.29 is 28.5 Å². The summed E-state index contributed by atoms with van der Waals surface area (Å²) in [5, 5.41) is 0. The standard InChI is InChI=1S/C18H20N2O6/c1-4-24-17(21)16(12-5-6-13-11(9-12)7-8-25-13)26-18-19-14(22-2)10-15(20-18)23-3/h5-6,9-10,16H,4,7-8H2,1-3H3. The van der Waals surface area contributed by atoms with Crippen LogP contribution in [0.5, 0.6) is 23.5 Å². The van der Waals surface area contributed by atoms with Crippen LogP contribution in [0.2, 0.25) is 0 Å². The molecule has 0 saturated heterocycles. The van der Waals surface area contributed by atoms with E-state index >= 15 is 0 Å². The Hall–Kier alpha value is -3.03. The second-order valence-corrected chi connectivity index (χ2v) is 5.45. The van der Waals surface area contributed by atoms with Gasteiger partial charge in [-0.2, -0.15) is 9.97 Å². The highest BCUT2D eigenvalue weighted by Gasteiger charge is 2.27. The molecule has 0 aliphatic carbocycles. The smallest absolute Gasteiger partial charge is 0.352 e. The summed E-state index contributed by atoms with van der Waals surface area (Å²) in [6.07, 6.45) is -0.236. The van der Waals surface area contributed by atoms with Gasteiger partial charge in [0.05, 0.1) is 33.5 Å². The molecule has 0 radical (unpaired) electrons. The van der Waals surface area contributed by atoms with Crippen molar-refractivity contribution in [1.29, 1.82) is 0 Å². The Kier molecular flexibility index (Phi) is 5.40. The lowest BCUT2D eigenvalue weighted by atomic mass is 10.0. The Morgan fingerprint density at radius 2 is 1.92 bits per heavy atom. The summed E-state index contributed by atoms with van der Waals surface area (Å²) in [7, 11) is 2.93. The van der Waals surface area contributed by atoms with Crippen LogP contribution < -0.4 is 18.9 Å². The fourth-order valence-electron chi connectivity index (χ4n) is 2.59. The van der Waals surface area contributed by atoms with Crippen LogP contribution in [-0.2, 0) is 16.0 Å². The van der Waals surface area contributed by atoms with Gasteiger partial charge in [-0.1, -0.05) is 6.07 Å². The maximum atomic E-state index is 12.5. The lowest BCUT2D eigenvalue weighted by Crippen LogP contribution is -2.22. The summed E-state index contributed by atoms with van der Waals surface area (Å²) < 4.78 is 26.6. The van der Waals surface area contributed by atoms with Crippen LogP contribution in [0.3, 0.4) is 0 Å². The lowest BCUT2D eigenvalue weighted by Gasteiger charge is -2.18. The summed E-state index contributed by atoms with van der Waals surface area (Å²) >= 11 is 0. The van der Waals surface area contributed by atoms with Crippen molar-refractivity contribution in [1.82, 2.24) is 9.97 Å². The first-order valence-electron chi connectivity index (χ1n) is 8.20. The van der Waals surface area contributed by atoms with Gasteiger partial charge in [0.15, 0.2) is 0 Å². The number of benzene rings is 1. The van der Waals surface area contributed by atoms with Crippen LogP contribution in [0.1, 0.15) is 24.2 Å². The molecule has 1 aromatic carbocycles. The average Bonchev–Trinajstić information content (AvgIpc) is 3.13. The van der Waals surface area contributed by atoms with E-state index in [4.69, 9.17) is 23.7 Å². The van der Waals surface area contributed by atoms with Crippen molar-refractivity contribution >= 4 is 5.97 Å². The molecule has 1 unspecified atom stereocenters. The Labute approximate surface area is 151 Å². The molecular formula is C18H20N2O6. The number of carbonyl (C=O) groups excluding carboxylic acids is 1. The lowest BCUT2D eigenvalue weighted by molar-refractivity contribution is -0.152. The highest BCUT2D eigenvalue weighted by molar-refractivity contribution is 5.77. The maximum Gasteiger partial charge on any atom is 0.352 e. The normalized spacial score (nSPS) is 13.3. The third-order valence-corrected chi connectivity index (χ3v) is 3.82. The summed E-state index contributed by atoms with van der Waals surface area (Å²) in [5.41, 5.74) is 1.66. The summed E-state index contributed by atoms with van der Waals surface area (Å²) in [4.78, 5) is 20.7. The zero-order valence-corrected chi connectivity index (χ0v) is 14.9. The Bertz CT molecular complexity index is 773. The topological polar surface area (TPSA) is 89.0 Å². The number of nitrogens with zero attached hydrogens (tertiary/aromatic N) is 2. The first kappa shape index (κ1) is 17.8. The third kappa shape index (κ3) is 3.79. The maximum absolute atomic E-state index is 12.5. The fraction of sp³-hybridized carbons (Fsp3) is 0.389. The second kappa shape index (κ2) is 7.90. The van der Waals surface area contributed by atoms with Crippen LogP contribution in [-0.4, -0.2) is 43.4 Å². The number of aromatic nitrogens is 2. The van der Waals surface area contributed by atoms with Gasteiger partial charge in [0.25, 0.3) is 0 Å². The molecule has 2 aromatic rings. The number of ether oxygens (including phenoxy) is 5. The Morgan fingerprint density at radius 3 is 2.58 bits per heavy atom. The van der Waals surface area contributed by atoms with Gasteiger partial charge in [-0.05, 0) is 24.6 Å². The summed E-state index contributed by atoms with van der Waals surface area (Å²) in [5.74, 6) is 0.807. The van der Waals surface area contributed by atoms with E-state index in [1.807, 2.05) is 12.1 Å². The van der Waals surface area contributed by atoms with Crippen molar-refractivity contribution in [2.24, 2.45) is 0 Å². The first-order valence-corrected chi connectivity index (χ1v) is 8.20. The highest BCUT2D eigenvalue weighted by Crippen LogP contribution is 2.31. The molecule has 138 valence electrons. The van der Waals surface area contributed by atoms with E-state index < -0.39 is 12.1 Å². The Balaban J connectivity index is 1.93. The molecule has 0 fully saturated rings. The van der Waals surface area contributed by atoms with Crippen LogP contribution in [0.4, 0.5) is 0 Å². The van der Waals surface area contributed by atoms with E-state index in [9.17, 15) is 4.79 Å². The monoisotopic (exact) mass is 360 g/mol. The zero-order valence-electron chi connectivity index (χ0n) is 14.9. The molecule has 1 aromatic heterocycles. The Morgan fingerprint density at radius 1 is 1.19 bits per heavy atom. The zero-order chi connectivity index (χ0) is 18.5. The van der Waals surface area contributed by atoms with Crippen LogP contribution in [0.25, 0.3) is 0 Å². The van der Waals surface area contributed by atoms with E-state index in [1.165, 1.54) is 20.3 Å². The first-order chi connectivity index (χ1) is 12.6. The van der Waals surface area contributed by atoms with E-state index in [-0.39, 0.29) is 24.4 Å². The summed E-state index contributed by atoms with van der Waals surface area (Å²) in [6, 6.07) is 6.93. The quantitative estimate of drug-likeness (QED) is 0.694. The van der Waals surface area contributed by atoms with E-state index in [1.54, 1.807) is 13.0 Å². The summed E-state index contributed by atoms with van der Waals surface area (Å²) in [6.45, 7) is 2.59. The fourth-order valence-corrected chi connectivity index (χ4v) is 2.59. The van der Waals surface area contributed by atoms with Gasteiger partial charge in [0.2, 0.25) is 17.9 Å². The average molecular weight is 360 g/mol. The van der Waals surface area contributed by atoms with Gasteiger partial charge < -0.3 is 23.7 Å². The van der Waals surface area contributed by atoms with Crippen molar-refractivity contribution in [2.45, 2.75) is 19.4 Å². The van der Waals surface area contributed by atoms with E-state index in [2.05, 4.69) is 9.97 Å². The molecule has 0 N–H and O–H groups in total. The SMILES string of the molecule is CCOC(=O)C(Oc1nc(OC)cc(OC)n1)c1ccc2c(c1)CCO2. The minimum Gasteiger partial charge on any atom is -0.493 e. The number of fused-ring (bicyclic) bond motifs is 1. The van der Waals surface area contributed by atoms with Gasteiger partial charge in [-0.15, -0.1) is 0 Å². The molecular weight excluding hydrogens is 340 g/mol. The molecule has 1 aliphatic heterocycles. The van der Waals surface area contributed by atoms with Crippen LogP contribution in [0.15, 0.2) is 24.3 Å². The minimum atomic E-state index is -1.02. The minimum absolute atomic E-state index is 0.0454. The number of esters is 1. The van der Waals surface area contributed by atoms with E-state index in [0.29, 0.717) is 12.2 Å². The van der Waals surface area contributed by atoms with Crippen LogP contribution >= 0.6 is 0 Å². The molecule has 8 heteroatoms. The van der Waals surface area contributed by atoms with Crippen molar-refractivity contribution in [3.05, 3.63) is 35.4 Å². The van der Waals surface area contributed by atoms with E-state index in [0.717, 1.165) is 17.7 Å². The number of hydrogen-bond acceptors (Lipinski definition) is 8. The molecule has 0 spiro atoms. The van der Waals surface area contributed by atoms with Gasteiger partial charge in [-0.25, -0.2) is 4.79 Å². The number of carbonyl (C=O) groups is 1. The molecule has 8 nitrogen and oxygen atoms in total. The largest absolute Gasteiger partial charge is 0.493 e. The molecule has 3 rings (SSSR count). The van der Waals surface area contributed by atoms with Crippen molar-refractivity contribution in [2.75, 3.05) is 27.4 Å². The third-order valence-electron chi connectivity index (χ3n) is 3.82. The van der Waals surface area contributed by atoms with Gasteiger partial charge in [0.1, 0.15) is 5.75 Å². The number of methoxy groups -OCH3 is 2. The van der Waals surface area contributed by atoms with Crippen molar-refractivity contribution in [3.63, 3.8) is 0 Å².